The Bertz CT molecular complexity index is 948. The van der Waals surface area contributed by atoms with E-state index in [-0.39, 0.29) is 24.5 Å². The molecule has 0 spiro atoms. The first-order valence-electron chi connectivity index (χ1n) is 9.51. The average Bonchev–Trinajstić information content (AvgIpc) is 3.34. The van der Waals surface area contributed by atoms with Crippen LogP contribution < -0.4 is 15.1 Å². The number of hydrogen-bond donors (Lipinski definition) is 1. The third-order valence-corrected chi connectivity index (χ3v) is 6.11. The molecule has 0 unspecified atom stereocenters. The molecular weight excluding hydrogens is 430 g/mol. The van der Waals surface area contributed by atoms with Crippen molar-refractivity contribution in [3.05, 3.63) is 45.6 Å². The Balaban J connectivity index is 1.30. The van der Waals surface area contributed by atoms with Gasteiger partial charge >= 0.3 is 6.09 Å². The number of carbonyl (C=O) groups excluding carboxylic acids is 3. The summed E-state index contributed by atoms with van der Waals surface area (Å²) in [5.41, 5.74) is 1.47. The van der Waals surface area contributed by atoms with Gasteiger partial charge in [-0.1, -0.05) is 11.6 Å². The molecule has 2 aliphatic heterocycles. The number of thiophene rings is 1. The lowest BCUT2D eigenvalue weighted by Crippen LogP contribution is -2.41. The smallest absolute Gasteiger partial charge is 0.414 e. The summed E-state index contributed by atoms with van der Waals surface area (Å²) in [6, 6.07) is 10.6. The van der Waals surface area contributed by atoms with Crippen molar-refractivity contribution < 1.29 is 23.9 Å². The molecular formula is C20H20ClN3O5S. The fraction of sp³-hybridized carbons (Fsp3) is 0.350. The van der Waals surface area contributed by atoms with Crippen LogP contribution in [0.15, 0.2) is 36.4 Å². The highest BCUT2D eigenvalue weighted by Crippen LogP contribution is 2.26. The van der Waals surface area contributed by atoms with Gasteiger partial charge in [-0.25, -0.2) is 4.79 Å². The van der Waals surface area contributed by atoms with Crippen LogP contribution in [0.25, 0.3) is 0 Å². The number of rotatable bonds is 6. The minimum absolute atomic E-state index is 0.0813. The Labute approximate surface area is 182 Å². The highest BCUT2D eigenvalue weighted by Gasteiger charge is 2.32. The summed E-state index contributed by atoms with van der Waals surface area (Å²) < 4.78 is 11.1. The van der Waals surface area contributed by atoms with Crippen LogP contribution in [0.2, 0.25) is 4.34 Å². The molecule has 2 aliphatic rings. The number of nitrogens with zero attached hydrogens (tertiary/aromatic N) is 2. The van der Waals surface area contributed by atoms with Crippen LogP contribution in [0.1, 0.15) is 16.1 Å². The van der Waals surface area contributed by atoms with E-state index in [4.69, 9.17) is 21.1 Å². The number of benzene rings is 1. The maximum absolute atomic E-state index is 12.3. The number of halogens is 1. The standard InChI is InChI=1S/C20H20ClN3O5S/c21-17-6-5-16(30-17)19(26)22-8-7-15-11-24(20(27)29-15)14-3-1-13(2-4-14)23-9-10-28-12-18(23)25/h1-6,15H,7-12H2,(H,22,26)/t15-/m0/s1. The second-order valence-corrected chi connectivity index (χ2v) is 8.59. The first-order valence-corrected chi connectivity index (χ1v) is 10.7. The van der Waals surface area contributed by atoms with Crippen molar-refractivity contribution >= 4 is 52.2 Å². The van der Waals surface area contributed by atoms with Crippen molar-refractivity contribution in [1.82, 2.24) is 5.32 Å². The molecule has 1 aromatic heterocycles. The molecule has 4 rings (SSSR count). The first-order chi connectivity index (χ1) is 14.5. The molecule has 158 valence electrons. The molecule has 2 saturated heterocycles. The van der Waals surface area contributed by atoms with Gasteiger partial charge < -0.3 is 19.7 Å². The van der Waals surface area contributed by atoms with E-state index in [0.717, 1.165) is 5.69 Å². The first kappa shape index (κ1) is 20.6. The summed E-state index contributed by atoms with van der Waals surface area (Å²) in [5.74, 6) is -0.275. The fourth-order valence-electron chi connectivity index (χ4n) is 3.36. The summed E-state index contributed by atoms with van der Waals surface area (Å²) >= 11 is 7.06. The van der Waals surface area contributed by atoms with E-state index in [1.54, 1.807) is 34.1 Å². The number of cyclic esters (lactones) is 1. The molecule has 2 aromatic rings. The lowest BCUT2D eigenvalue weighted by Gasteiger charge is -2.27. The quantitative estimate of drug-likeness (QED) is 0.732. The topological polar surface area (TPSA) is 88.2 Å². The van der Waals surface area contributed by atoms with Gasteiger partial charge in [-0.15, -0.1) is 11.3 Å². The van der Waals surface area contributed by atoms with E-state index < -0.39 is 6.09 Å². The van der Waals surface area contributed by atoms with Crippen LogP contribution in [0, 0.1) is 0 Å². The summed E-state index contributed by atoms with van der Waals surface area (Å²) in [4.78, 5) is 40.0. The number of amides is 3. The molecule has 0 bridgehead atoms. The molecule has 10 heteroatoms. The number of morpholine rings is 1. The number of nitrogens with one attached hydrogen (secondary N) is 1. The van der Waals surface area contributed by atoms with Crippen molar-refractivity contribution in [1.29, 1.82) is 0 Å². The predicted octanol–water partition coefficient (Wildman–Crippen LogP) is 2.91. The van der Waals surface area contributed by atoms with Gasteiger partial charge in [0, 0.05) is 30.9 Å². The van der Waals surface area contributed by atoms with Crippen molar-refractivity contribution in [3.8, 4) is 0 Å². The van der Waals surface area contributed by atoms with Crippen molar-refractivity contribution in [2.24, 2.45) is 0 Å². The molecule has 8 nitrogen and oxygen atoms in total. The molecule has 2 fully saturated rings. The van der Waals surface area contributed by atoms with Crippen LogP contribution in [-0.4, -0.2) is 56.9 Å². The highest BCUT2D eigenvalue weighted by molar-refractivity contribution is 7.17. The third-order valence-electron chi connectivity index (χ3n) is 4.88. The van der Waals surface area contributed by atoms with Crippen molar-refractivity contribution in [2.75, 3.05) is 42.6 Å². The minimum atomic E-state index is -0.424. The summed E-state index contributed by atoms with van der Waals surface area (Å²) in [6.45, 7) is 1.88. The Morgan fingerprint density at radius 1 is 1.13 bits per heavy atom. The molecule has 0 aliphatic carbocycles. The van der Waals surface area contributed by atoms with Crippen molar-refractivity contribution in [3.63, 3.8) is 0 Å². The number of ether oxygens (including phenoxy) is 2. The van der Waals surface area contributed by atoms with Crippen LogP contribution in [0.5, 0.6) is 0 Å². The number of carbonyl (C=O) groups is 3. The molecule has 0 radical (unpaired) electrons. The Morgan fingerprint density at radius 2 is 1.87 bits per heavy atom. The maximum Gasteiger partial charge on any atom is 0.414 e. The molecule has 30 heavy (non-hydrogen) atoms. The maximum atomic E-state index is 12.3. The van der Waals surface area contributed by atoms with Gasteiger partial charge in [0.15, 0.2) is 0 Å². The number of anilines is 2. The summed E-state index contributed by atoms with van der Waals surface area (Å²) in [5, 5.41) is 2.81. The summed E-state index contributed by atoms with van der Waals surface area (Å²) in [6.07, 6.45) is -0.232. The molecule has 1 atom stereocenters. The monoisotopic (exact) mass is 449 g/mol. The zero-order valence-electron chi connectivity index (χ0n) is 16.0. The molecule has 1 aromatic carbocycles. The van der Waals surface area contributed by atoms with E-state index in [1.165, 1.54) is 11.3 Å². The van der Waals surface area contributed by atoms with E-state index in [0.29, 0.717) is 47.6 Å². The van der Waals surface area contributed by atoms with Gasteiger partial charge in [0.25, 0.3) is 11.8 Å². The SMILES string of the molecule is O=C(NCC[C@H]1CN(c2ccc(N3CCOCC3=O)cc2)C(=O)O1)c1ccc(Cl)s1. The van der Waals surface area contributed by atoms with Gasteiger partial charge in [0.05, 0.1) is 22.4 Å². The van der Waals surface area contributed by atoms with Gasteiger partial charge in [0.1, 0.15) is 12.7 Å². The number of hydrogen-bond acceptors (Lipinski definition) is 6. The van der Waals surface area contributed by atoms with Crippen LogP contribution in [-0.2, 0) is 14.3 Å². The third kappa shape index (κ3) is 4.58. The Kier molecular flexibility index (Phi) is 6.21. The zero-order valence-corrected chi connectivity index (χ0v) is 17.6. The van der Waals surface area contributed by atoms with Crippen LogP contribution >= 0.6 is 22.9 Å². The van der Waals surface area contributed by atoms with Crippen molar-refractivity contribution in [2.45, 2.75) is 12.5 Å². The second-order valence-electron chi connectivity index (χ2n) is 6.88. The average molecular weight is 450 g/mol. The predicted molar refractivity (Wildman–Crippen MR) is 114 cm³/mol. The summed E-state index contributed by atoms with van der Waals surface area (Å²) in [7, 11) is 0. The lowest BCUT2D eigenvalue weighted by atomic mass is 10.2. The van der Waals surface area contributed by atoms with Gasteiger partial charge in [-0.05, 0) is 36.4 Å². The fourth-order valence-corrected chi connectivity index (χ4v) is 4.32. The molecule has 1 N–H and O–H groups in total. The molecule has 3 amide bonds. The van der Waals surface area contributed by atoms with E-state index in [2.05, 4.69) is 5.32 Å². The van der Waals surface area contributed by atoms with Gasteiger partial charge in [-0.3, -0.25) is 14.5 Å². The van der Waals surface area contributed by atoms with E-state index >= 15 is 0 Å². The van der Waals surface area contributed by atoms with Gasteiger partial charge in [-0.2, -0.15) is 0 Å². The Hall–Kier alpha value is -2.62. The minimum Gasteiger partial charge on any atom is -0.444 e. The largest absolute Gasteiger partial charge is 0.444 e. The van der Waals surface area contributed by atoms with Gasteiger partial charge in [0.2, 0.25) is 0 Å². The second kappa shape index (κ2) is 9.03. The molecule has 3 heterocycles. The van der Waals surface area contributed by atoms with Crippen LogP contribution in [0.3, 0.4) is 0 Å². The highest BCUT2D eigenvalue weighted by atomic mass is 35.5. The van der Waals surface area contributed by atoms with E-state index in [1.807, 2.05) is 12.1 Å². The van der Waals surface area contributed by atoms with Crippen LogP contribution in [0.4, 0.5) is 16.2 Å². The molecule has 0 saturated carbocycles. The lowest BCUT2D eigenvalue weighted by molar-refractivity contribution is -0.125. The zero-order chi connectivity index (χ0) is 21.1. The van der Waals surface area contributed by atoms with E-state index in [9.17, 15) is 14.4 Å². The Morgan fingerprint density at radius 3 is 2.53 bits per heavy atom. The normalized spacial score (nSPS) is 19.2.